The van der Waals surface area contributed by atoms with Crippen LogP contribution in [0.1, 0.15) is 32.6 Å². The molecule has 0 aliphatic carbocycles. The maximum absolute atomic E-state index is 12.7. The van der Waals surface area contributed by atoms with E-state index in [1.54, 1.807) is 0 Å². The highest BCUT2D eigenvalue weighted by Crippen LogP contribution is 2.36. The smallest absolute Gasteiger partial charge is 0.323 e. The van der Waals surface area contributed by atoms with Crippen molar-refractivity contribution in [2.45, 2.75) is 32.6 Å². The number of nitrogens with one attached hydrogen (secondary N) is 1. The molecule has 1 saturated heterocycles. The van der Waals surface area contributed by atoms with Crippen molar-refractivity contribution in [3.63, 3.8) is 0 Å². The normalized spacial score (nSPS) is 17.4. The minimum absolute atomic E-state index is 0.342. The van der Waals surface area contributed by atoms with Crippen LogP contribution in [0.25, 0.3) is 0 Å². The highest BCUT2D eigenvalue weighted by atomic mass is 16.4. The van der Waals surface area contributed by atoms with Crippen LogP contribution in [0.2, 0.25) is 0 Å². The van der Waals surface area contributed by atoms with E-state index in [1.807, 2.05) is 6.92 Å². The van der Waals surface area contributed by atoms with Gasteiger partial charge in [-0.15, -0.1) is 0 Å². The number of piperidine rings is 1. The summed E-state index contributed by atoms with van der Waals surface area (Å²) in [5.41, 5.74) is -0.620. The largest absolute Gasteiger partial charge is 0.480 e. The van der Waals surface area contributed by atoms with Crippen molar-refractivity contribution < 1.29 is 24.6 Å². The van der Waals surface area contributed by atoms with Crippen molar-refractivity contribution >= 4 is 17.8 Å². The maximum Gasteiger partial charge on any atom is 0.323 e. The zero-order valence-corrected chi connectivity index (χ0v) is 11.7. The van der Waals surface area contributed by atoms with Crippen molar-refractivity contribution in [2.24, 2.45) is 5.41 Å². The van der Waals surface area contributed by atoms with Gasteiger partial charge >= 0.3 is 11.9 Å². The molecule has 114 valence electrons. The Hall–Kier alpha value is -1.63. The molecule has 3 N–H and O–H groups in total. The second-order valence-electron chi connectivity index (χ2n) is 5.23. The zero-order chi connectivity index (χ0) is 15.2. The minimum Gasteiger partial charge on any atom is -0.480 e. The molecule has 1 fully saturated rings. The number of aliphatic carboxylic acids is 2. The second-order valence-corrected chi connectivity index (χ2v) is 5.23. The van der Waals surface area contributed by atoms with Gasteiger partial charge < -0.3 is 20.4 Å². The fourth-order valence-electron chi connectivity index (χ4n) is 2.82. The highest BCUT2D eigenvalue weighted by Gasteiger charge is 2.42. The summed E-state index contributed by atoms with van der Waals surface area (Å²) < 4.78 is 0. The summed E-state index contributed by atoms with van der Waals surface area (Å²) in [5, 5.41) is 20.9. The molecule has 0 aromatic carbocycles. The first-order valence-electron chi connectivity index (χ1n) is 6.85. The van der Waals surface area contributed by atoms with Gasteiger partial charge in [-0.3, -0.25) is 14.4 Å². The van der Waals surface area contributed by atoms with Gasteiger partial charge in [0.1, 0.15) is 13.1 Å². The quantitative estimate of drug-likeness (QED) is 0.615. The first-order chi connectivity index (χ1) is 9.41. The van der Waals surface area contributed by atoms with Crippen LogP contribution in [-0.4, -0.2) is 59.1 Å². The molecule has 7 heteroatoms. The SMILES string of the molecule is CCCC1(C(=O)N(CC(=O)O)CC(=O)O)CCNCC1. The Bertz CT molecular complexity index is 355. The maximum atomic E-state index is 12.7. The standard InChI is InChI=1S/C13H22N2O5/c1-2-3-13(4-6-14-7-5-13)12(20)15(8-10(16)17)9-11(18)19/h14H,2-9H2,1H3,(H,16,17)(H,18,19). The van der Waals surface area contributed by atoms with Gasteiger partial charge in [-0.25, -0.2) is 0 Å². The molecule has 1 aliphatic heterocycles. The molecule has 0 bridgehead atoms. The summed E-state index contributed by atoms with van der Waals surface area (Å²) >= 11 is 0. The Kier molecular flexibility index (Phi) is 5.94. The number of carbonyl (C=O) groups excluding carboxylic acids is 1. The van der Waals surface area contributed by atoms with E-state index in [1.165, 1.54) is 0 Å². The lowest BCUT2D eigenvalue weighted by atomic mass is 9.74. The number of carboxylic acid groups (broad SMARTS) is 2. The van der Waals surface area contributed by atoms with E-state index in [0.29, 0.717) is 32.4 Å². The van der Waals surface area contributed by atoms with E-state index in [-0.39, 0.29) is 5.91 Å². The lowest BCUT2D eigenvalue weighted by Crippen LogP contribution is -2.51. The van der Waals surface area contributed by atoms with E-state index >= 15 is 0 Å². The molecular formula is C13H22N2O5. The van der Waals surface area contributed by atoms with E-state index in [4.69, 9.17) is 10.2 Å². The monoisotopic (exact) mass is 286 g/mol. The van der Waals surface area contributed by atoms with Crippen LogP contribution >= 0.6 is 0 Å². The van der Waals surface area contributed by atoms with Crippen LogP contribution < -0.4 is 5.32 Å². The summed E-state index contributed by atoms with van der Waals surface area (Å²) in [6.45, 7) is 2.23. The molecule has 1 aliphatic rings. The van der Waals surface area contributed by atoms with E-state index in [0.717, 1.165) is 11.3 Å². The Morgan fingerprint density at radius 1 is 1.10 bits per heavy atom. The average Bonchev–Trinajstić information content (AvgIpc) is 2.37. The van der Waals surface area contributed by atoms with Gasteiger partial charge in [0.15, 0.2) is 0 Å². The molecular weight excluding hydrogens is 264 g/mol. The molecule has 0 saturated carbocycles. The number of amides is 1. The van der Waals surface area contributed by atoms with Crippen molar-refractivity contribution in [1.29, 1.82) is 0 Å². The Morgan fingerprint density at radius 3 is 2.00 bits per heavy atom. The molecule has 1 amide bonds. The molecule has 0 atom stereocenters. The molecule has 20 heavy (non-hydrogen) atoms. The van der Waals surface area contributed by atoms with Crippen LogP contribution in [0.3, 0.4) is 0 Å². The number of carbonyl (C=O) groups is 3. The number of nitrogens with zero attached hydrogens (tertiary/aromatic N) is 1. The molecule has 0 unspecified atom stereocenters. The van der Waals surface area contributed by atoms with Crippen molar-refractivity contribution in [3.05, 3.63) is 0 Å². The molecule has 0 radical (unpaired) electrons. The minimum atomic E-state index is -1.19. The van der Waals surface area contributed by atoms with Gasteiger partial charge in [0.25, 0.3) is 0 Å². The van der Waals surface area contributed by atoms with E-state index in [9.17, 15) is 14.4 Å². The van der Waals surface area contributed by atoms with Crippen molar-refractivity contribution in [3.8, 4) is 0 Å². The lowest BCUT2D eigenvalue weighted by molar-refractivity contribution is -0.155. The third-order valence-electron chi connectivity index (χ3n) is 3.68. The van der Waals surface area contributed by atoms with Crippen molar-refractivity contribution in [1.82, 2.24) is 10.2 Å². The van der Waals surface area contributed by atoms with Crippen LogP contribution in [0.5, 0.6) is 0 Å². The number of hydrogen-bond donors (Lipinski definition) is 3. The Balaban J connectivity index is 2.92. The van der Waals surface area contributed by atoms with Crippen LogP contribution in [0.4, 0.5) is 0 Å². The van der Waals surface area contributed by atoms with E-state index in [2.05, 4.69) is 5.32 Å². The Morgan fingerprint density at radius 2 is 1.60 bits per heavy atom. The van der Waals surface area contributed by atoms with Gasteiger partial charge in [0, 0.05) is 0 Å². The highest BCUT2D eigenvalue weighted by molar-refractivity contribution is 5.89. The van der Waals surface area contributed by atoms with Gasteiger partial charge in [-0.2, -0.15) is 0 Å². The third kappa shape index (κ3) is 4.19. The zero-order valence-electron chi connectivity index (χ0n) is 11.7. The van der Waals surface area contributed by atoms with Gasteiger partial charge in [-0.1, -0.05) is 13.3 Å². The van der Waals surface area contributed by atoms with Crippen LogP contribution in [-0.2, 0) is 14.4 Å². The summed E-state index contributed by atoms with van der Waals surface area (Å²) in [4.78, 5) is 35.3. The lowest BCUT2D eigenvalue weighted by Gasteiger charge is -2.39. The summed E-state index contributed by atoms with van der Waals surface area (Å²) in [6.07, 6.45) is 2.70. The van der Waals surface area contributed by atoms with Crippen molar-refractivity contribution in [2.75, 3.05) is 26.2 Å². The summed E-state index contributed by atoms with van der Waals surface area (Å²) in [5.74, 6) is -2.73. The predicted octanol–water partition coefficient (Wildman–Crippen LogP) is 0.154. The van der Waals surface area contributed by atoms with Gasteiger partial charge in [0.2, 0.25) is 5.91 Å². The van der Waals surface area contributed by atoms with E-state index < -0.39 is 30.4 Å². The molecule has 1 heterocycles. The van der Waals surface area contributed by atoms with Gasteiger partial charge in [0.05, 0.1) is 5.41 Å². The first-order valence-corrected chi connectivity index (χ1v) is 6.85. The fourth-order valence-corrected chi connectivity index (χ4v) is 2.82. The topological polar surface area (TPSA) is 107 Å². The molecule has 7 nitrogen and oxygen atoms in total. The third-order valence-corrected chi connectivity index (χ3v) is 3.68. The summed E-state index contributed by atoms with van der Waals surface area (Å²) in [6, 6.07) is 0. The average molecular weight is 286 g/mol. The van der Waals surface area contributed by atoms with Crippen LogP contribution in [0, 0.1) is 5.41 Å². The predicted molar refractivity (Wildman–Crippen MR) is 71.3 cm³/mol. The fraction of sp³-hybridized carbons (Fsp3) is 0.769. The van der Waals surface area contributed by atoms with Gasteiger partial charge in [-0.05, 0) is 32.4 Å². The second kappa shape index (κ2) is 7.23. The first kappa shape index (κ1) is 16.4. The number of carboxylic acids is 2. The molecule has 0 spiro atoms. The summed E-state index contributed by atoms with van der Waals surface area (Å²) in [7, 11) is 0. The Labute approximate surface area is 117 Å². The molecule has 0 aromatic rings. The van der Waals surface area contributed by atoms with Crippen LogP contribution in [0.15, 0.2) is 0 Å². The number of hydrogen-bond acceptors (Lipinski definition) is 4. The number of rotatable bonds is 7. The molecule has 0 aromatic heterocycles. The molecule has 1 rings (SSSR count).